The van der Waals surface area contributed by atoms with Crippen LogP contribution in [-0.2, 0) is 9.59 Å². The molecule has 0 radical (unpaired) electrons. The average molecular weight is 288 g/mol. The number of amides is 1. The molecular formula is C16H20N2O3. The van der Waals surface area contributed by atoms with E-state index in [2.05, 4.69) is 4.90 Å². The van der Waals surface area contributed by atoms with Crippen molar-refractivity contribution in [3.63, 3.8) is 0 Å². The molecule has 0 aromatic heterocycles. The number of hydrogen-bond acceptors (Lipinski definition) is 3. The van der Waals surface area contributed by atoms with Gasteiger partial charge in [0.1, 0.15) is 0 Å². The van der Waals surface area contributed by atoms with Gasteiger partial charge in [0.05, 0.1) is 12.3 Å². The van der Waals surface area contributed by atoms with E-state index in [1.54, 1.807) is 4.90 Å². The summed E-state index contributed by atoms with van der Waals surface area (Å²) in [5, 5.41) is 9.06. The van der Waals surface area contributed by atoms with E-state index in [1.165, 1.54) is 0 Å². The number of aliphatic carboxylic acids is 1. The average Bonchev–Trinajstić information content (AvgIpc) is 3.03. The highest BCUT2D eigenvalue weighted by Crippen LogP contribution is 2.39. The van der Waals surface area contributed by atoms with Gasteiger partial charge in [0.2, 0.25) is 5.91 Å². The van der Waals surface area contributed by atoms with Gasteiger partial charge in [0.15, 0.2) is 0 Å². The van der Waals surface area contributed by atoms with E-state index in [1.807, 2.05) is 31.3 Å². The molecule has 2 aliphatic rings. The van der Waals surface area contributed by atoms with Crippen LogP contribution in [0.15, 0.2) is 24.3 Å². The van der Waals surface area contributed by atoms with Crippen LogP contribution in [0.2, 0.25) is 0 Å². The zero-order valence-electron chi connectivity index (χ0n) is 12.2. The number of likely N-dealkylation sites (tertiary alicyclic amines) is 1. The fourth-order valence-electron chi connectivity index (χ4n) is 3.45. The first-order valence-corrected chi connectivity index (χ1v) is 7.37. The molecule has 1 aromatic rings. The SMILES string of the molecule is CN1CCC(C(=O)N2CC(CC(=O)O)c3ccccc32)C1. The second-order valence-corrected chi connectivity index (χ2v) is 6.05. The van der Waals surface area contributed by atoms with E-state index in [-0.39, 0.29) is 24.2 Å². The molecule has 5 nitrogen and oxygen atoms in total. The minimum Gasteiger partial charge on any atom is -0.481 e. The van der Waals surface area contributed by atoms with Crippen LogP contribution in [-0.4, -0.2) is 48.6 Å². The number of para-hydroxylation sites is 1. The van der Waals surface area contributed by atoms with Gasteiger partial charge in [0.25, 0.3) is 0 Å². The third-order valence-electron chi connectivity index (χ3n) is 4.50. The minimum absolute atomic E-state index is 0.0339. The lowest BCUT2D eigenvalue weighted by molar-refractivity contribution is -0.137. The number of carbonyl (C=O) groups excluding carboxylic acids is 1. The number of carbonyl (C=O) groups is 2. The number of carboxylic acid groups (broad SMARTS) is 1. The van der Waals surface area contributed by atoms with Crippen LogP contribution < -0.4 is 4.90 Å². The molecule has 1 amide bonds. The van der Waals surface area contributed by atoms with Gasteiger partial charge in [-0.15, -0.1) is 0 Å². The molecular weight excluding hydrogens is 268 g/mol. The van der Waals surface area contributed by atoms with Crippen LogP contribution in [0.5, 0.6) is 0 Å². The van der Waals surface area contributed by atoms with Crippen LogP contribution in [0.4, 0.5) is 5.69 Å². The van der Waals surface area contributed by atoms with Crippen LogP contribution >= 0.6 is 0 Å². The fourth-order valence-corrected chi connectivity index (χ4v) is 3.45. The number of hydrogen-bond donors (Lipinski definition) is 1. The Kier molecular flexibility index (Phi) is 3.68. The molecule has 1 aromatic carbocycles. The Hall–Kier alpha value is -1.88. The van der Waals surface area contributed by atoms with Crippen molar-refractivity contribution in [3.05, 3.63) is 29.8 Å². The van der Waals surface area contributed by atoms with E-state index < -0.39 is 5.97 Å². The summed E-state index contributed by atoms with van der Waals surface area (Å²) >= 11 is 0. The number of rotatable bonds is 3. The summed E-state index contributed by atoms with van der Waals surface area (Å²) in [5.74, 6) is -0.738. The van der Waals surface area contributed by atoms with E-state index in [0.717, 1.165) is 30.8 Å². The predicted molar refractivity (Wildman–Crippen MR) is 79.4 cm³/mol. The maximum Gasteiger partial charge on any atom is 0.304 e. The molecule has 0 bridgehead atoms. The quantitative estimate of drug-likeness (QED) is 0.916. The lowest BCUT2D eigenvalue weighted by Crippen LogP contribution is -2.36. The molecule has 21 heavy (non-hydrogen) atoms. The zero-order valence-corrected chi connectivity index (χ0v) is 12.2. The first-order chi connectivity index (χ1) is 10.1. The van der Waals surface area contributed by atoms with Crippen molar-refractivity contribution in [2.24, 2.45) is 5.92 Å². The molecule has 2 atom stereocenters. The summed E-state index contributed by atoms with van der Waals surface area (Å²) in [4.78, 5) is 27.7. The van der Waals surface area contributed by atoms with Gasteiger partial charge in [-0.1, -0.05) is 18.2 Å². The Labute approximate surface area is 124 Å². The summed E-state index contributed by atoms with van der Waals surface area (Å²) in [7, 11) is 2.03. The molecule has 3 rings (SSSR count). The van der Waals surface area contributed by atoms with Crippen LogP contribution in [0, 0.1) is 5.92 Å². The van der Waals surface area contributed by atoms with Crippen LogP contribution in [0.25, 0.3) is 0 Å². The number of benzene rings is 1. The Morgan fingerprint density at radius 3 is 2.71 bits per heavy atom. The van der Waals surface area contributed by atoms with Crippen molar-refractivity contribution in [3.8, 4) is 0 Å². The molecule has 1 N–H and O–H groups in total. The Morgan fingerprint density at radius 2 is 2.05 bits per heavy atom. The van der Waals surface area contributed by atoms with Crippen molar-refractivity contribution in [2.45, 2.75) is 18.8 Å². The van der Waals surface area contributed by atoms with Gasteiger partial charge < -0.3 is 14.9 Å². The molecule has 0 spiro atoms. The molecule has 0 aliphatic carbocycles. The van der Waals surface area contributed by atoms with E-state index in [9.17, 15) is 9.59 Å². The van der Waals surface area contributed by atoms with Crippen molar-refractivity contribution < 1.29 is 14.7 Å². The third kappa shape index (κ3) is 2.65. The second-order valence-electron chi connectivity index (χ2n) is 6.05. The summed E-state index contributed by atoms with van der Waals surface area (Å²) in [6, 6.07) is 7.68. The topological polar surface area (TPSA) is 60.9 Å². The molecule has 1 fully saturated rings. The molecule has 2 aliphatic heterocycles. The van der Waals surface area contributed by atoms with E-state index in [4.69, 9.17) is 5.11 Å². The van der Waals surface area contributed by atoms with Gasteiger partial charge >= 0.3 is 5.97 Å². The Bertz CT molecular complexity index is 572. The smallest absolute Gasteiger partial charge is 0.304 e. The molecule has 2 heterocycles. The normalized spacial score (nSPS) is 25.1. The summed E-state index contributed by atoms with van der Waals surface area (Å²) in [5.41, 5.74) is 1.88. The largest absolute Gasteiger partial charge is 0.481 e. The monoisotopic (exact) mass is 288 g/mol. The van der Waals surface area contributed by atoms with Crippen molar-refractivity contribution in [1.29, 1.82) is 0 Å². The van der Waals surface area contributed by atoms with Gasteiger partial charge in [0, 0.05) is 24.7 Å². The lowest BCUT2D eigenvalue weighted by atomic mass is 9.98. The Morgan fingerprint density at radius 1 is 1.29 bits per heavy atom. The molecule has 1 saturated heterocycles. The maximum absolute atomic E-state index is 12.7. The fraction of sp³-hybridized carbons (Fsp3) is 0.500. The Balaban J connectivity index is 1.84. The van der Waals surface area contributed by atoms with Crippen molar-refractivity contribution >= 4 is 17.6 Å². The highest BCUT2D eigenvalue weighted by Gasteiger charge is 2.37. The maximum atomic E-state index is 12.7. The summed E-state index contributed by atoms with van der Waals surface area (Å²) in [6.45, 7) is 2.23. The van der Waals surface area contributed by atoms with Gasteiger partial charge in [-0.25, -0.2) is 0 Å². The van der Waals surface area contributed by atoms with Crippen molar-refractivity contribution in [1.82, 2.24) is 4.90 Å². The number of anilines is 1. The van der Waals surface area contributed by atoms with Gasteiger partial charge in [-0.05, 0) is 31.6 Å². The summed E-state index contributed by atoms with van der Waals surface area (Å²) < 4.78 is 0. The van der Waals surface area contributed by atoms with E-state index in [0.29, 0.717) is 6.54 Å². The lowest BCUT2D eigenvalue weighted by Gasteiger charge is -2.21. The van der Waals surface area contributed by atoms with Gasteiger partial charge in [-0.3, -0.25) is 9.59 Å². The minimum atomic E-state index is -0.815. The standard InChI is InChI=1S/C16H20N2O3/c1-17-7-6-11(9-17)16(21)18-10-12(8-15(19)20)13-4-2-3-5-14(13)18/h2-5,11-12H,6-10H2,1H3,(H,19,20). The molecule has 112 valence electrons. The highest BCUT2D eigenvalue weighted by atomic mass is 16.4. The number of fused-ring (bicyclic) bond motifs is 1. The number of nitrogens with zero attached hydrogens (tertiary/aromatic N) is 2. The second kappa shape index (κ2) is 5.48. The molecule has 5 heteroatoms. The number of carboxylic acids is 1. The first-order valence-electron chi connectivity index (χ1n) is 7.37. The van der Waals surface area contributed by atoms with Gasteiger partial charge in [-0.2, -0.15) is 0 Å². The highest BCUT2D eigenvalue weighted by molar-refractivity contribution is 5.98. The van der Waals surface area contributed by atoms with Crippen LogP contribution in [0.3, 0.4) is 0 Å². The van der Waals surface area contributed by atoms with Crippen molar-refractivity contribution in [2.75, 3.05) is 31.6 Å². The third-order valence-corrected chi connectivity index (χ3v) is 4.50. The van der Waals surface area contributed by atoms with E-state index >= 15 is 0 Å². The zero-order chi connectivity index (χ0) is 15.0. The van der Waals surface area contributed by atoms with Crippen LogP contribution in [0.1, 0.15) is 24.3 Å². The first kappa shape index (κ1) is 14.1. The predicted octanol–water partition coefficient (Wildman–Crippen LogP) is 1.54. The summed E-state index contributed by atoms with van der Waals surface area (Å²) in [6.07, 6.45) is 0.961. The molecule has 0 saturated carbocycles. The molecule has 2 unspecified atom stereocenters.